The van der Waals surface area contributed by atoms with Crippen LogP contribution in [0.5, 0.6) is 0 Å². The first-order chi connectivity index (χ1) is 10.3. The Bertz CT molecular complexity index is 824. The molecule has 0 saturated carbocycles. The van der Waals surface area contributed by atoms with Crippen LogP contribution in [0.25, 0.3) is 5.69 Å². The number of benzene rings is 1. The number of Topliss-reactive ketones (excluding diaryl/α,β-unsaturated/α-hetero) is 1. The summed E-state index contributed by atoms with van der Waals surface area (Å²) >= 11 is 0. The van der Waals surface area contributed by atoms with E-state index in [0.29, 0.717) is 17.7 Å². The molecule has 1 aromatic heterocycles. The minimum absolute atomic E-state index is 0.113. The molecule has 0 fully saturated rings. The molecule has 1 heterocycles. The maximum absolute atomic E-state index is 14.4. The maximum atomic E-state index is 14.4. The summed E-state index contributed by atoms with van der Waals surface area (Å²) in [6.45, 7) is 5.97. The van der Waals surface area contributed by atoms with Gasteiger partial charge in [0.05, 0.1) is 17.3 Å². The van der Waals surface area contributed by atoms with Crippen molar-refractivity contribution in [3.63, 3.8) is 0 Å². The molecule has 22 heavy (non-hydrogen) atoms. The van der Waals surface area contributed by atoms with Crippen LogP contribution in [0.3, 0.4) is 0 Å². The van der Waals surface area contributed by atoms with Crippen LogP contribution in [0.2, 0.25) is 0 Å². The second-order valence-electron chi connectivity index (χ2n) is 6.70. The normalized spacial score (nSPS) is 16.2. The Balaban J connectivity index is 2.22. The molecular weight excluding hydrogens is 279 g/mol. The number of ketones is 1. The third kappa shape index (κ3) is 2.23. The number of nitriles is 1. The van der Waals surface area contributed by atoms with Crippen molar-refractivity contribution in [3.8, 4) is 11.8 Å². The van der Waals surface area contributed by atoms with Gasteiger partial charge in [-0.1, -0.05) is 13.8 Å². The number of carbonyl (C=O) groups is 1. The Morgan fingerprint density at radius 2 is 2.00 bits per heavy atom. The van der Waals surface area contributed by atoms with Crippen molar-refractivity contribution < 1.29 is 9.18 Å². The van der Waals surface area contributed by atoms with Gasteiger partial charge in [0.2, 0.25) is 0 Å². The van der Waals surface area contributed by atoms with Crippen LogP contribution < -0.4 is 0 Å². The first-order valence-electron chi connectivity index (χ1n) is 7.27. The van der Waals surface area contributed by atoms with E-state index in [0.717, 1.165) is 17.8 Å². The fraction of sp³-hybridized carbons (Fsp3) is 0.333. The molecular formula is C18H17FN2O. The summed E-state index contributed by atoms with van der Waals surface area (Å²) in [5.74, 6) is -0.335. The highest BCUT2D eigenvalue weighted by atomic mass is 19.1. The van der Waals surface area contributed by atoms with Crippen LogP contribution in [-0.4, -0.2) is 10.4 Å². The molecule has 0 amide bonds. The first kappa shape index (κ1) is 14.5. The molecule has 0 atom stereocenters. The highest BCUT2D eigenvalue weighted by molar-refractivity contribution is 5.99. The summed E-state index contributed by atoms with van der Waals surface area (Å²) in [7, 11) is 0. The van der Waals surface area contributed by atoms with Gasteiger partial charge in [-0.15, -0.1) is 0 Å². The Hall–Kier alpha value is -2.41. The number of aromatic nitrogens is 1. The van der Waals surface area contributed by atoms with E-state index in [9.17, 15) is 9.18 Å². The number of fused-ring (bicyclic) bond motifs is 1. The number of nitrogens with zero attached hydrogens (tertiary/aromatic N) is 2. The Morgan fingerprint density at radius 3 is 2.64 bits per heavy atom. The lowest BCUT2D eigenvalue weighted by Gasteiger charge is -2.30. The van der Waals surface area contributed by atoms with Crippen LogP contribution in [-0.2, 0) is 6.42 Å². The van der Waals surface area contributed by atoms with Crippen molar-refractivity contribution in [2.45, 2.75) is 33.6 Å². The lowest BCUT2D eigenvalue weighted by atomic mass is 9.76. The third-order valence-corrected chi connectivity index (χ3v) is 4.19. The average molecular weight is 296 g/mol. The van der Waals surface area contributed by atoms with Gasteiger partial charge in [0.15, 0.2) is 5.78 Å². The number of rotatable bonds is 1. The highest BCUT2D eigenvalue weighted by Crippen LogP contribution is 2.37. The smallest absolute Gasteiger partial charge is 0.165 e. The topological polar surface area (TPSA) is 45.8 Å². The molecule has 0 bridgehead atoms. The first-order valence-corrected chi connectivity index (χ1v) is 7.27. The Kier molecular flexibility index (Phi) is 3.17. The largest absolute Gasteiger partial charge is 0.315 e. The van der Waals surface area contributed by atoms with Crippen molar-refractivity contribution in [3.05, 3.63) is 52.6 Å². The molecule has 0 aliphatic heterocycles. The van der Waals surface area contributed by atoms with Crippen molar-refractivity contribution in [1.82, 2.24) is 4.57 Å². The van der Waals surface area contributed by atoms with Crippen LogP contribution >= 0.6 is 0 Å². The van der Waals surface area contributed by atoms with Gasteiger partial charge in [0.1, 0.15) is 5.82 Å². The van der Waals surface area contributed by atoms with Crippen molar-refractivity contribution in [1.29, 1.82) is 5.26 Å². The van der Waals surface area contributed by atoms with Crippen LogP contribution in [0.15, 0.2) is 24.3 Å². The number of carbonyl (C=O) groups excluding carboxylic acids is 1. The van der Waals surface area contributed by atoms with Crippen LogP contribution in [0.4, 0.5) is 4.39 Å². The summed E-state index contributed by atoms with van der Waals surface area (Å²) in [4.78, 5) is 12.3. The molecule has 3 nitrogen and oxygen atoms in total. The van der Waals surface area contributed by atoms with E-state index in [2.05, 4.69) is 13.8 Å². The standard InChI is InChI=1S/C18H17FN2O/c1-11-6-13-16(8-18(2,3)9-17(13)22)21(11)15-5-4-12(10-20)7-14(15)19/h4-7H,8-9H2,1-3H3. The van der Waals surface area contributed by atoms with Crippen LogP contribution in [0, 0.1) is 29.5 Å². The molecule has 0 radical (unpaired) electrons. The molecule has 3 rings (SSSR count). The third-order valence-electron chi connectivity index (χ3n) is 4.19. The number of aryl methyl sites for hydroxylation is 1. The highest BCUT2D eigenvalue weighted by Gasteiger charge is 2.34. The molecule has 0 spiro atoms. The average Bonchev–Trinajstić information content (AvgIpc) is 2.74. The Labute approximate surface area is 129 Å². The van der Waals surface area contributed by atoms with Crippen LogP contribution in [0.1, 0.15) is 47.6 Å². The molecule has 1 aromatic carbocycles. The van der Waals surface area contributed by atoms with Crippen molar-refractivity contribution in [2.75, 3.05) is 0 Å². The van der Waals surface area contributed by atoms with Gasteiger partial charge in [-0.2, -0.15) is 5.26 Å². The SMILES string of the molecule is Cc1cc2c(n1-c1ccc(C#N)cc1F)CC(C)(C)CC2=O. The van der Waals surface area contributed by atoms with E-state index in [1.165, 1.54) is 6.07 Å². The van der Waals surface area contributed by atoms with Gasteiger partial charge in [0, 0.05) is 23.4 Å². The van der Waals surface area contributed by atoms with E-state index < -0.39 is 5.82 Å². The zero-order valence-electron chi connectivity index (χ0n) is 12.9. The maximum Gasteiger partial charge on any atom is 0.165 e. The summed E-state index contributed by atoms with van der Waals surface area (Å²) < 4.78 is 16.2. The van der Waals surface area contributed by atoms with Gasteiger partial charge in [-0.05, 0) is 43.0 Å². The van der Waals surface area contributed by atoms with Gasteiger partial charge < -0.3 is 4.57 Å². The fourth-order valence-electron chi connectivity index (χ4n) is 3.24. The molecule has 0 N–H and O–H groups in total. The predicted octanol–water partition coefficient (Wildman–Crippen LogP) is 3.95. The Morgan fingerprint density at radius 1 is 1.27 bits per heavy atom. The number of halogens is 1. The minimum Gasteiger partial charge on any atom is -0.315 e. The molecule has 1 aliphatic carbocycles. The summed E-state index contributed by atoms with van der Waals surface area (Å²) in [5.41, 5.74) is 2.94. The lowest BCUT2D eigenvalue weighted by Crippen LogP contribution is -2.28. The van der Waals surface area contributed by atoms with E-state index in [4.69, 9.17) is 5.26 Å². The molecule has 2 aromatic rings. The molecule has 0 saturated heterocycles. The monoisotopic (exact) mass is 296 g/mol. The van der Waals surface area contributed by atoms with Crippen molar-refractivity contribution >= 4 is 5.78 Å². The second-order valence-corrected chi connectivity index (χ2v) is 6.70. The van der Waals surface area contributed by atoms with E-state index >= 15 is 0 Å². The number of hydrogen-bond acceptors (Lipinski definition) is 2. The molecule has 112 valence electrons. The van der Waals surface area contributed by atoms with E-state index in [1.807, 2.05) is 23.6 Å². The second kappa shape index (κ2) is 4.81. The van der Waals surface area contributed by atoms with E-state index in [1.54, 1.807) is 12.1 Å². The molecule has 4 heteroatoms. The summed E-state index contributed by atoms with van der Waals surface area (Å²) in [5, 5.41) is 8.87. The van der Waals surface area contributed by atoms with Gasteiger partial charge in [-0.3, -0.25) is 4.79 Å². The zero-order chi connectivity index (χ0) is 16.1. The summed E-state index contributed by atoms with van der Waals surface area (Å²) in [6, 6.07) is 8.21. The van der Waals surface area contributed by atoms with Gasteiger partial charge in [-0.25, -0.2) is 4.39 Å². The van der Waals surface area contributed by atoms with Crippen molar-refractivity contribution in [2.24, 2.45) is 5.41 Å². The van der Waals surface area contributed by atoms with Gasteiger partial charge >= 0.3 is 0 Å². The predicted molar refractivity (Wildman–Crippen MR) is 81.6 cm³/mol. The zero-order valence-corrected chi connectivity index (χ0v) is 12.9. The van der Waals surface area contributed by atoms with Gasteiger partial charge in [0.25, 0.3) is 0 Å². The molecule has 1 aliphatic rings. The minimum atomic E-state index is -0.448. The number of hydrogen-bond donors (Lipinski definition) is 0. The molecule has 0 unspecified atom stereocenters. The van der Waals surface area contributed by atoms with E-state index in [-0.39, 0.29) is 16.8 Å². The summed E-state index contributed by atoms with van der Waals surface area (Å²) in [6.07, 6.45) is 1.24. The quantitative estimate of drug-likeness (QED) is 0.800. The fourth-order valence-corrected chi connectivity index (χ4v) is 3.24. The lowest BCUT2D eigenvalue weighted by molar-refractivity contribution is 0.0911.